The zero-order chi connectivity index (χ0) is 26.9. The first-order valence-electron chi connectivity index (χ1n) is 11.0. The maximum Gasteiger partial charge on any atom is 0.343 e. The lowest BCUT2D eigenvalue weighted by Crippen LogP contribution is -2.32. The second-order valence-electron chi connectivity index (χ2n) is 8.13. The molecule has 0 bridgehead atoms. The second-order valence-corrected chi connectivity index (χ2v) is 9.43. The van der Waals surface area contributed by atoms with Crippen LogP contribution in [0.15, 0.2) is 69.8 Å². The van der Waals surface area contributed by atoms with Crippen LogP contribution in [0.4, 0.5) is 11.4 Å². The summed E-state index contributed by atoms with van der Waals surface area (Å²) in [6.45, 7) is 3.71. The second kappa shape index (κ2) is 10.7. The number of ether oxygens (including phenoxy) is 3. The van der Waals surface area contributed by atoms with Gasteiger partial charge in [-0.05, 0) is 73.5 Å². The lowest BCUT2D eigenvalue weighted by molar-refractivity contribution is -0.120. The molecule has 0 spiro atoms. The SMILES string of the molecule is COc1ccc(N2C(=O)C(Cl)=C(Nc3ccc(C(=O)Oc4c(C)cc(Br)cc4C)cc3)C2=O)c(OC)c1. The Kier molecular flexibility index (Phi) is 7.56. The summed E-state index contributed by atoms with van der Waals surface area (Å²) in [6, 6.07) is 14.7. The van der Waals surface area contributed by atoms with Crippen molar-refractivity contribution in [3.63, 3.8) is 0 Å². The third-order valence-electron chi connectivity index (χ3n) is 5.66. The molecule has 37 heavy (non-hydrogen) atoms. The summed E-state index contributed by atoms with van der Waals surface area (Å²) in [7, 11) is 2.91. The average molecular weight is 586 g/mol. The molecule has 0 aliphatic carbocycles. The highest BCUT2D eigenvalue weighted by molar-refractivity contribution is 9.10. The number of anilines is 2. The molecule has 0 radical (unpaired) electrons. The van der Waals surface area contributed by atoms with Gasteiger partial charge in [-0.2, -0.15) is 0 Å². The van der Waals surface area contributed by atoms with E-state index in [-0.39, 0.29) is 22.2 Å². The normalized spacial score (nSPS) is 13.2. The van der Waals surface area contributed by atoms with Gasteiger partial charge in [-0.25, -0.2) is 9.69 Å². The van der Waals surface area contributed by atoms with Crippen molar-refractivity contribution in [2.75, 3.05) is 24.4 Å². The van der Waals surface area contributed by atoms with Crippen LogP contribution >= 0.6 is 27.5 Å². The number of esters is 1. The molecule has 1 aliphatic heterocycles. The molecule has 0 saturated heterocycles. The van der Waals surface area contributed by atoms with Gasteiger partial charge in [0.15, 0.2) is 0 Å². The van der Waals surface area contributed by atoms with Gasteiger partial charge in [-0.15, -0.1) is 0 Å². The third kappa shape index (κ3) is 5.19. The van der Waals surface area contributed by atoms with Gasteiger partial charge in [-0.3, -0.25) is 9.59 Å². The Morgan fingerprint density at radius 3 is 2.16 bits per heavy atom. The van der Waals surface area contributed by atoms with Gasteiger partial charge in [0.2, 0.25) is 0 Å². The summed E-state index contributed by atoms with van der Waals surface area (Å²) in [5.41, 5.74) is 2.53. The smallest absolute Gasteiger partial charge is 0.343 e. The number of benzene rings is 3. The van der Waals surface area contributed by atoms with Crippen LogP contribution in [-0.4, -0.2) is 32.0 Å². The Morgan fingerprint density at radius 1 is 0.919 bits per heavy atom. The fourth-order valence-electron chi connectivity index (χ4n) is 3.84. The minimum atomic E-state index is -0.696. The molecule has 0 saturated carbocycles. The van der Waals surface area contributed by atoms with Gasteiger partial charge >= 0.3 is 5.97 Å². The minimum absolute atomic E-state index is 0.0963. The Bertz CT molecular complexity index is 1430. The van der Waals surface area contributed by atoms with Crippen molar-refractivity contribution in [3.05, 3.63) is 86.5 Å². The topological polar surface area (TPSA) is 94.2 Å². The molecule has 1 heterocycles. The summed E-state index contributed by atoms with van der Waals surface area (Å²) in [6.07, 6.45) is 0. The summed E-state index contributed by atoms with van der Waals surface area (Å²) in [4.78, 5) is 39.6. The maximum atomic E-state index is 13.2. The van der Waals surface area contributed by atoms with Crippen molar-refractivity contribution < 1.29 is 28.6 Å². The Hall–Kier alpha value is -3.82. The first-order valence-corrected chi connectivity index (χ1v) is 12.2. The zero-order valence-corrected chi connectivity index (χ0v) is 22.7. The highest BCUT2D eigenvalue weighted by Gasteiger charge is 2.40. The van der Waals surface area contributed by atoms with E-state index < -0.39 is 17.8 Å². The largest absolute Gasteiger partial charge is 0.497 e. The van der Waals surface area contributed by atoms with E-state index in [0.29, 0.717) is 22.7 Å². The Balaban J connectivity index is 1.52. The van der Waals surface area contributed by atoms with Crippen LogP contribution in [0.2, 0.25) is 0 Å². The number of carbonyl (C=O) groups excluding carboxylic acids is 3. The number of aryl methyl sites for hydroxylation is 2. The third-order valence-corrected chi connectivity index (χ3v) is 6.47. The monoisotopic (exact) mass is 584 g/mol. The average Bonchev–Trinajstić information content (AvgIpc) is 3.08. The molecule has 3 aromatic rings. The molecular weight excluding hydrogens is 564 g/mol. The van der Waals surface area contributed by atoms with E-state index in [1.807, 2.05) is 26.0 Å². The quantitative estimate of drug-likeness (QED) is 0.215. The van der Waals surface area contributed by atoms with Crippen LogP contribution in [0.25, 0.3) is 0 Å². The fourth-order valence-corrected chi connectivity index (χ4v) is 4.74. The molecule has 0 atom stereocenters. The first-order chi connectivity index (χ1) is 17.6. The van der Waals surface area contributed by atoms with E-state index in [0.717, 1.165) is 20.5 Å². The molecule has 8 nitrogen and oxygen atoms in total. The number of amides is 2. The number of nitrogens with one attached hydrogen (secondary N) is 1. The number of nitrogens with zero attached hydrogens (tertiary/aromatic N) is 1. The summed E-state index contributed by atoms with van der Waals surface area (Å²) < 4.78 is 17.0. The van der Waals surface area contributed by atoms with Crippen LogP contribution in [0.1, 0.15) is 21.5 Å². The van der Waals surface area contributed by atoms with Gasteiger partial charge in [0, 0.05) is 16.2 Å². The van der Waals surface area contributed by atoms with Gasteiger partial charge in [0.1, 0.15) is 28.0 Å². The van der Waals surface area contributed by atoms with E-state index in [2.05, 4.69) is 21.2 Å². The van der Waals surface area contributed by atoms with E-state index >= 15 is 0 Å². The molecule has 3 aromatic carbocycles. The number of hydrogen-bond acceptors (Lipinski definition) is 7. The van der Waals surface area contributed by atoms with Crippen molar-refractivity contribution in [2.45, 2.75) is 13.8 Å². The van der Waals surface area contributed by atoms with Crippen LogP contribution in [0.3, 0.4) is 0 Å². The number of imide groups is 1. The summed E-state index contributed by atoms with van der Waals surface area (Å²) in [5.74, 6) is -0.605. The Morgan fingerprint density at radius 2 is 1.57 bits per heavy atom. The number of methoxy groups -OCH3 is 2. The predicted molar refractivity (Wildman–Crippen MR) is 144 cm³/mol. The van der Waals surface area contributed by atoms with E-state index in [1.165, 1.54) is 20.3 Å². The molecule has 1 N–H and O–H groups in total. The molecule has 10 heteroatoms. The maximum absolute atomic E-state index is 13.2. The van der Waals surface area contributed by atoms with Crippen LogP contribution in [0.5, 0.6) is 17.2 Å². The highest BCUT2D eigenvalue weighted by Crippen LogP contribution is 2.37. The zero-order valence-electron chi connectivity index (χ0n) is 20.3. The van der Waals surface area contributed by atoms with Crippen LogP contribution in [0, 0.1) is 13.8 Å². The van der Waals surface area contributed by atoms with Gasteiger partial charge in [-0.1, -0.05) is 27.5 Å². The van der Waals surface area contributed by atoms with E-state index in [1.54, 1.807) is 36.4 Å². The Labute approximate surface area is 226 Å². The minimum Gasteiger partial charge on any atom is -0.497 e. The van der Waals surface area contributed by atoms with Crippen LogP contribution in [-0.2, 0) is 9.59 Å². The van der Waals surface area contributed by atoms with Gasteiger partial charge in [0.05, 0.1) is 25.5 Å². The number of hydrogen-bond donors (Lipinski definition) is 1. The van der Waals surface area contributed by atoms with Crippen molar-refractivity contribution >= 4 is 56.7 Å². The molecule has 0 fully saturated rings. The molecule has 190 valence electrons. The van der Waals surface area contributed by atoms with Crippen molar-refractivity contribution in [3.8, 4) is 17.2 Å². The molecule has 2 amide bonds. The first kappa shape index (κ1) is 26.2. The predicted octanol–water partition coefficient (Wildman–Crippen LogP) is 5.74. The van der Waals surface area contributed by atoms with Crippen molar-refractivity contribution in [1.82, 2.24) is 0 Å². The molecule has 1 aliphatic rings. The summed E-state index contributed by atoms with van der Waals surface area (Å²) in [5, 5.41) is 2.61. The van der Waals surface area contributed by atoms with Crippen molar-refractivity contribution in [1.29, 1.82) is 0 Å². The van der Waals surface area contributed by atoms with Crippen molar-refractivity contribution in [2.24, 2.45) is 0 Å². The fraction of sp³-hybridized carbons (Fsp3) is 0.148. The molecule has 0 aromatic heterocycles. The standard InChI is InChI=1S/C27H22BrClN2O6/c1-14-11-17(28)12-15(2)24(14)37-27(34)16-5-7-18(8-6-16)30-23-22(29)25(32)31(26(23)33)20-10-9-19(35-3)13-21(20)36-4/h5-13,30H,1-4H3. The van der Waals surface area contributed by atoms with Gasteiger partial charge in [0.25, 0.3) is 11.8 Å². The molecule has 0 unspecified atom stereocenters. The highest BCUT2D eigenvalue weighted by atomic mass is 79.9. The number of halogens is 2. The van der Waals surface area contributed by atoms with E-state index in [9.17, 15) is 14.4 Å². The number of rotatable bonds is 7. The van der Waals surface area contributed by atoms with Gasteiger partial charge < -0.3 is 19.5 Å². The molecule has 4 rings (SSSR count). The number of carbonyl (C=O) groups is 3. The van der Waals surface area contributed by atoms with E-state index in [4.69, 9.17) is 25.8 Å². The van der Waals surface area contributed by atoms with Crippen LogP contribution < -0.4 is 24.4 Å². The lowest BCUT2D eigenvalue weighted by Gasteiger charge is -2.18. The summed E-state index contributed by atoms with van der Waals surface area (Å²) >= 11 is 9.67. The molecular formula is C27H22BrClN2O6. The lowest BCUT2D eigenvalue weighted by atomic mass is 10.1.